The molecule has 0 heterocycles. The maximum absolute atomic E-state index is 11.5. The Morgan fingerprint density at radius 3 is 2.81 bits per heavy atom. The molecule has 1 rings (SSSR count). The van der Waals surface area contributed by atoms with Gasteiger partial charge in [0.2, 0.25) is 5.91 Å². The number of carbonyl (C=O) groups is 2. The van der Waals surface area contributed by atoms with Crippen LogP contribution in [0.1, 0.15) is 19.3 Å². The topological polar surface area (TPSA) is 75.6 Å². The molecule has 1 aliphatic rings. The summed E-state index contributed by atoms with van der Waals surface area (Å²) in [4.78, 5) is 21.7. The summed E-state index contributed by atoms with van der Waals surface area (Å²) >= 11 is 1.11. The van der Waals surface area contributed by atoms with Crippen LogP contribution in [0.5, 0.6) is 0 Å². The first-order valence-corrected chi connectivity index (χ1v) is 6.40. The van der Waals surface area contributed by atoms with Crippen LogP contribution in [0, 0.1) is 0 Å². The fraction of sp³-hybridized carbons (Fsp3) is 0.800. The van der Waals surface area contributed by atoms with E-state index in [-0.39, 0.29) is 29.6 Å². The number of hydrogen-bond acceptors (Lipinski definition) is 4. The van der Waals surface area contributed by atoms with Gasteiger partial charge in [0.25, 0.3) is 0 Å². The van der Waals surface area contributed by atoms with E-state index >= 15 is 0 Å². The Bertz CT molecular complexity index is 259. The van der Waals surface area contributed by atoms with Crippen molar-refractivity contribution in [2.24, 2.45) is 0 Å². The number of carbonyl (C=O) groups excluding carboxylic acids is 1. The molecule has 0 spiro atoms. The molecule has 0 bridgehead atoms. The lowest BCUT2D eigenvalue weighted by Crippen LogP contribution is -2.41. The van der Waals surface area contributed by atoms with Gasteiger partial charge in [0, 0.05) is 7.11 Å². The zero-order valence-corrected chi connectivity index (χ0v) is 10.1. The average Bonchev–Trinajstić information content (AvgIpc) is 2.64. The molecule has 5 nitrogen and oxygen atoms in total. The molecule has 0 aromatic carbocycles. The first-order valence-electron chi connectivity index (χ1n) is 5.25. The zero-order chi connectivity index (χ0) is 12.0. The van der Waals surface area contributed by atoms with Crippen molar-refractivity contribution in [1.82, 2.24) is 5.32 Å². The van der Waals surface area contributed by atoms with E-state index in [1.807, 2.05) is 0 Å². The second-order valence-corrected chi connectivity index (χ2v) is 4.75. The number of carboxylic acids is 1. The molecule has 16 heavy (non-hydrogen) atoms. The van der Waals surface area contributed by atoms with Gasteiger partial charge in [-0.1, -0.05) is 0 Å². The van der Waals surface area contributed by atoms with Gasteiger partial charge >= 0.3 is 5.97 Å². The van der Waals surface area contributed by atoms with Gasteiger partial charge in [-0.25, -0.2) is 0 Å². The molecular formula is C10H17NO4S. The monoisotopic (exact) mass is 247 g/mol. The van der Waals surface area contributed by atoms with E-state index < -0.39 is 5.97 Å². The molecule has 2 unspecified atom stereocenters. The minimum Gasteiger partial charge on any atom is -0.481 e. The Labute approximate surface area is 98.9 Å². The summed E-state index contributed by atoms with van der Waals surface area (Å²) < 4.78 is 5.25. The van der Waals surface area contributed by atoms with Crippen LogP contribution in [-0.2, 0) is 14.3 Å². The van der Waals surface area contributed by atoms with Gasteiger partial charge < -0.3 is 15.2 Å². The van der Waals surface area contributed by atoms with Crippen molar-refractivity contribution in [2.45, 2.75) is 31.4 Å². The van der Waals surface area contributed by atoms with Gasteiger partial charge in [0.15, 0.2) is 0 Å². The number of carboxylic acid groups (broad SMARTS) is 1. The van der Waals surface area contributed by atoms with E-state index in [2.05, 4.69) is 5.32 Å². The number of methoxy groups -OCH3 is 1. The predicted molar refractivity (Wildman–Crippen MR) is 61.5 cm³/mol. The van der Waals surface area contributed by atoms with E-state index in [1.54, 1.807) is 7.11 Å². The smallest absolute Gasteiger partial charge is 0.313 e. The third-order valence-electron chi connectivity index (χ3n) is 2.56. The van der Waals surface area contributed by atoms with Crippen molar-refractivity contribution in [3.63, 3.8) is 0 Å². The summed E-state index contributed by atoms with van der Waals surface area (Å²) in [5.41, 5.74) is 0. The third-order valence-corrected chi connectivity index (χ3v) is 3.48. The number of hydrogen-bond donors (Lipinski definition) is 2. The van der Waals surface area contributed by atoms with Crippen molar-refractivity contribution >= 4 is 23.6 Å². The lowest BCUT2D eigenvalue weighted by Gasteiger charge is -2.19. The van der Waals surface area contributed by atoms with E-state index in [9.17, 15) is 9.59 Å². The number of amides is 1. The van der Waals surface area contributed by atoms with Crippen molar-refractivity contribution in [1.29, 1.82) is 0 Å². The molecule has 0 aromatic rings. The lowest BCUT2D eigenvalue weighted by molar-refractivity contribution is -0.133. The first kappa shape index (κ1) is 13.3. The number of aliphatic carboxylic acids is 1. The molecule has 92 valence electrons. The van der Waals surface area contributed by atoms with Gasteiger partial charge in [-0.3, -0.25) is 9.59 Å². The Hall–Kier alpha value is -0.750. The number of ether oxygens (including phenoxy) is 1. The summed E-state index contributed by atoms with van der Waals surface area (Å²) in [6.07, 6.45) is 3.08. The zero-order valence-electron chi connectivity index (χ0n) is 9.27. The SMILES string of the molecule is COC1CCCC1NC(=O)CSCC(=O)O. The largest absolute Gasteiger partial charge is 0.481 e. The number of nitrogens with one attached hydrogen (secondary N) is 1. The van der Waals surface area contributed by atoms with Crippen molar-refractivity contribution in [3.05, 3.63) is 0 Å². The van der Waals surface area contributed by atoms with Gasteiger partial charge in [-0.05, 0) is 19.3 Å². The molecule has 2 atom stereocenters. The van der Waals surface area contributed by atoms with E-state index in [0.29, 0.717) is 0 Å². The van der Waals surface area contributed by atoms with Crippen LogP contribution < -0.4 is 5.32 Å². The molecule has 0 aromatic heterocycles. The lowest BCUT2D eigenvalue weighted by atomic mass is 10.2. The number of rotatable bonds is 6. The molecule has 1 aliphatic carbocycles. The highest BCUT2D eigenvalue weighted by molar-refractivity contribution is 8.00. The maximum atomic E-state index is 11.5. The quantitative estimate of drug-likeness (QED) is 0.714. The van der Waals surface area contributed by atoms with Crippen LogP contribution >= 0.6 is 11.8 Å². The Morgan fingerprint density at radius 2 is 2.19 bits per heavy atom. The molecule has 1 fully saturated rings. The summed E-state index contributed by atoms with van der Waals surface area (Å²) in [7, 11) is 1.65. The van der Waals surface area contributed by atoms with E-state index in [4.69, 9.17) is 9.84 Å². The van der Waals surface area contributed by atoms with Crippen LogP contribution in [0.3, 0.4) is 0 Å². The fourth-order valence-corrected chi connectivity index (χ4v) is 2.40. The standard InChI is InChI=1S/C10H17NO4S/c1-15-8-4-2-3-7(8)11-9(12)5-16-6-10(13)14/h7-8H,2-6H2,1H3,(H,11,12)(H,13,14). The van der Waals surface area contributed by atoms with Gasteiger partial charge in [0.05, 0.1) is 23.7 Å². The Balaban J connectivity index is 2.20. The normalized spacial score (nSPS) is 24.3. The highest BCUT2D eigenvalue weighted by Crippen LogP contribution is 2.21. The molecule has 0 saturated heterocycles. The van der Waals surface area contributed by atoms with Crippen LogP contribution in [0.15, 0.2) is 0 Å². The molecule has 0 radical (unpaired) electrons. The number of thioether (sulfide) groups is 1. The van der Waals surface area contributed by atoms with E-state index in [0.717, 1.165) is 31.0 Å². The van der Waals surface area contributed by atoms with Gasteiger partial charge in [-0.2, -0.15) is 0 Å². The van der Waals surface area contributed by atoms with Crippen molar-refractivity contribution < 1.29 is 19.4 Å². The highest BCUT2D eigenvalue weighted by Gasteiger charge is 2.28. The van der Waals surface area contributed by atoms with Crippen LogP contribution in [0.25, 0.3) is 0 Å². The van der Waals surface area contributed by atoms with Crippen LogP contribution in [0.4, 0.5) is 0 Å². The Kier molecular flexibility index (Phi) is 5.62. The van der Waals surface area contributed by atoms with Crippen molar-refractivity contribution in [2.75, 3.05) is 18.6 Å². The van der Waals surface area contributed by atoms with Gasteiger partial charge in [0.1, 0.15) is 0 Å². The van der Waals surface area contributed by atoms with Gasteiger partial charge in [-0.15, -0.1) is 11.8 Å². The molecule has 1 saturated carbocycles. The summed E-state index contributed by atoms with van der Waals surface area (Å²) in [6, 6.07) is 0.0860. The average molecular weight is 247 g/mol. The fourth-order valence-electron chi connectivity index (χ4n) is 1.85. The maximum Gasteiger partial charge on any atom is 0.313 e. The second kappa shape index (κ2) is 6.75. The predicted octanol–water partition coefficient (Wildman–Crippen LogP) is 0.488. The first-order chi connectivity index (χ1) is 7.63. The van der Waals surface area contributed by atoms with Crippen LogP contribution in [0.2, 0.25) is 0 Å². The molecule has 1 amide bonds. The molecule has 6 heteroatoms. The highest BCUT2D eigenvalue weighted by atomic mass is 32.2. The minimum atomic E-state index is -0.895. The second-order valence-electron chi connectivity index (χ2n) is 3.77. The van der Waals surface area contributed by atoms with E-state index in [1.165, 1.54) is 0 Å². The van der Waals surface area contributed by atoms with Crippen molar-refractivity contribution in [3.8, 4) is 0 Å². The summed E-state index contributed by atoms with van der Waals surface area (Å²) in [5.74, 6) is -0.848. The summed E-state index contributed by atoms with van der Waals surface area (Å²) in [6.45, 7) is 0. The molecule has 0 aliphatic heterocycles. The summed E-state index contributed by atoms with van der Waals surface area (Å²) in [5, 5.41) is 11.3. The van der Waals surface area contributed by atoms with Crippen LogP contribution in [-0.4, -0.2) is 47.7 Å². The minimum absolute atomic E-state index is 0.0359. The third kappa shape index (κ3) is 4.40. The Morgan fingerprint density at radius 1 is 1.44 bits per heavy atom. The molecule has 2 N–H and O–H groups in total. The molecular weight excluding hydrogens is 230 g/mol.